The van der Waals surface area contributed by atoms with Gasteiger partial charge in [-0.15, -0.1) is 12.4 Å². The molecule has 0 aliphatic heterocycles. The summed E-state index contributed by atoms with van der Waals surface area (Å²) in [5, 5.41) is 8.83. The number of aliphatic hydroxyl groups is 1. The number of hydrogen-bond donors (Lipinski definition) is 2. The van der Waals surface area contributed by atoms with E-state index < -0.39 is 35.5 Å². The molecular formula is C9H8BrClF5NO. The van der Waals surface area contributed by atoms with Gasteiger partial charge in [0, 0.05) is 10.0 Å². The Bertz CT molecular complexity index is 405. The molecule has 0 fully saturated rings. The largest absolute Gasteiger partial charge is 0.416 e. The molecule has 0 aliphatic carbocycles. The van der Waals surface area contributed by atoms with Gasteiger partial charge in [-0.25, -0.2) is 8.78 Å². The van der Waals surface area contributed by atoms with Crippen molar-refractivity contribution in [3.8, 4) is 0 Å². The minimum Gasteiger partial charge on any atom is -0.382 e. The summed E-state index contributed by atoms with van der Waals surface area (Å²) in [7, 11) is 0. The van der Waals surface area contributed by atoms with E-state index in [4.69, 9.17) is 10.8 Å². The first-order valence-electron chi connectivity index (χ1n) is 4.29. The van der Waals surface area contributed by atoms with Crippen LogP contribution in [0.1, 0.15) is 11.6 Å². The quantitative estimate of drug-likeness (QED) is 0.800. The van der Waals surface area contributed by atoms with Crippen LogP contribution >= 0.6 is 28.3 Å². The Kier molecular flexibility index (Phi) is 5.99. The molecule has 2 nitrogen and oxygen atoms in total. The summed E-state index contributed by atoms with van der Waals surface area (Å²) in [6, 6.07) is -0.689. The van der Waals surface area contributed by atoms with Crippen molar-refractivity contribution in [3.05, 3.63) is 33.8 Å². The molecule has 3 N–H and O–H groups in total. The predicted octanol–water partition coefficient (Wildman–Crippen LogP) is 3.07. The van der Waals surface area contributed by atoms with E-state index in [-0.39, 0.29) is 16.9 Å². The molecule has 0 bridgehead atoms. The molecule has 1 rings (SSSR count). The van der Waals surface area contributed by atoms with E-state index in [0.717, 1.165) is 12.1 Å². The Balaban J connectivity index is 0.00000289. The summed E-state index contributed by atoms with van der Waals surface area (Å²) < 4.78 is 63.0. The summed E-state index contributed by atoms with van der Waals surface area (Å²) >= 11 is 2.77. The van der Waals surface area contributed by atoms with E-state index in [9.17, 15) is 22.0 Å². The summed E-state index contributed by atoms with van der Waals surface area (Å²) in [5.74, 6) is -2.51. The third kappa shape index (κ3) is 3.78. The van der Waals surface area contributed by atoms with Crippen molar-refractivity contribution in [2.75, 3.05) is 0 Å². The van der Waals surface area contributed by atoms with Crippen molar-refractivity contribution in [1.82, 2.24) is 0 Å². The van der Waals surface area contributed by atoms with E-state index in [1.165, 1.54) is 0 Å². The van der Waals surface area contributed by atoms with E-state index in [1.54, 1.807) is 0 Å². The van der Waals surface area contributed by atoms with Crippen molar-refractivity contribution in [3.63, 3.8) is 0 Å². The van der Waals surface area contributed by atoms with Crippen LogP contribution in [-0.2, 0) is 0 Å². The molecule has 0 heterocycles. The van der Waals surface area contributed by atoms with Crippen LogP contribution in [0.5, 0.6) is 0 Å². The third-order valence-corrected chi connectivity index (χ3v) is 2.51. The molecule has 0 spiro atoms. The lowest BCUT2D eigenvalue weighted by Crippen LogP contribution is -2.39. The minimum absolute atomic E-state index is 0. The summed E-state index contributed by atoms with van der Waals surface area (Å²) in [6.45, 7) is 0. The third-order valence-electron chi connectivity index (χ3n) is 2.05. The SMILES string of the molecule is Cl.N[C@@H](c1c(F)cc(Br)cc1F)[C@H](O)C(F)(F)F. The van der Waals surface area contributed by atoms with E-state index in [0.29, 0.717) is 0 Å². The smallest absolute Gasteiger partial charge is 0.382 e. The Morgan fingerprint density at radius 2 is 1.56 bits per heavy atom. The maximum Gasteiger partial charge on any atom is 0.416 e. The molecule has 1 aromatic rings. The fourth-order valence-corrected chi connectivity index (χ4v) is 1.64. The van der Waals surface area contributed by atoms with Crippen molar-refractivity contribution < 1.29 is 27.1 Å². The zero-order valence-corrected chi connectivity index (χ0v) is 10.9. The topological polar surface area (TPSA) is 46.2 Å². The maximum absolute atomic E-state index is 13.3. The fourth-order valence-electron chi connectivity index (χ4n) is 1.23. The summed E-state index contributed by atoms with van der Waals surface area (Å²) in [6.07, 6.45) is -8.08. The molecule has 18 heavy (non-hydrogen) atoms. The van der Waals surface area contributed by atoms with Crippen molar-refractivity contribution in [1.29, 1.82) is 0 Å². The molecule has 0 aliphatic rings. The van der Waals surface area contributed by atoms with Crippen LogP contribution in [0.15, 0.2) is 16.6 Å². The van der Waals surface area contributed by atoms with E-state index >= 15 is 0 Å². The number of rotatable bonds is 2. The monoisotopic (exact) mass is 355 g/mol. The average molecular weight is 357 g/mol. The molecule has 9 heteroatoms. The van der Waals surface area contributed by atoms with Crippen molar-refractivity contribution in [2.24, 2.45) is 5.73 Å². The number of nitrogens with two attached hydrogens (primary N) is 1. The first-order valence-corrected chi connectivity index (χ1v) is 5.08. The van der Waals surface area contributed by atoms with E-state index in [2.05, 4.69) is 15.9 Å². The van der Waals surface area contributed by atoms with Crippen LogP contribution in [0, 0.1) is 11.6 Å². The predicted molar refractivity (Wildman–Crippen MR) is 60.3 cm³/mol. The molecule has 0 saturated carbocycles. The highest BCUT2D eigenvalue weighted by Gasteiger charge is 2.44. The highest BCUT2D eigenvalue weighted by Crippen LogP contribution is 2.32. The number of aliphatic hydroxyl groups excluding tert-OH is 1. The Labute approximate surface area is 114 Å². The number of benzene rings is 1. The fraction of sp³-hybridized carbons (Fsp3) is 0.333. The molecule has 0 amide bonds. The molecule has 0 radical (unpaired) electrons. The van der Waals surface area contributed by atoms with Crippen LogP contribution in [-0.4, -0.2) is 17.4 Å². The highest BCUT2D eigenvalue weighted by atomic mass is 79.9. The zero-order chi connectivity index (χ0) is 13.4. The normalized spacial score (nSPS) is 14.9. The van der Waals surface area contributed by atoms with Crippen LogP contribution in [0.25, 0.3) is 0 Å². The van der Waals surface area contributed by atoms with Gasteiger partial charge in [0.25, 0.3) is 0 Å². The van der Waals surface area contributed by atoms with Gasteiger partial charge in [-0.1, -0.05) is 15.9 Å². The standard InChI is InChI=1S/C9H7BrF5NO.ClH/c10-3-1-4(11)6(5(12)2-3)7(16)8(17)9(13,14)15;/h1-2,7-8,17H,16H2;1H/t7-,8-;/m0./s1. The van der Waals surface area contributed by atoms with Gasteiger partial charge in [-0.3, -0.25) is 0 Å². The maximum atomic E-state index is 13.3. The molecule has 0 aromatic heterocycles. The lowest BCUT2D eigenvalue weighted by molar-refractivity contribution is -0.210. The Morgan fingerprint density at radius 1 is 1.17 bits per heavy atom. The first kappa shape index (κ1) is 17.6. The van der Waals surface area contributed by atoms with Gasteiger partial charge in [0.2, 0.25) is 0 Å². The number of alkyl halides is 3. The first-order chi connectivity index (χ1) is 7.64. The molecule has 2 atom stereocenters. The Hall–Kier alpha value is -0.440. The van der Waals surface area contributed by atoms with E-state index in [1.807, 2.05) is 0 Å². The second-order valence-electron chi connectivity index (χ2n) is 3.30. The molecule has 0 saturated heterocycles. The Morgan fingerprint density at radius 3 is 1.89 bits per heavy atom. The van der Waals surface area contributed by atoms with Crippen molar-refractivity contribution >= 4 is 28.3 Å². The molecular weight excluding hydrogens is 348 g/mol. The van der Waals surface area contributed by atoms with Gasteiger partial charge in [-0.05, 0) is 12.1 Å². The second-order valence-corrected chi connectivity index (χ2v) is 4.21. The van der Waals surface area contributed by atoms with Gasteiger partial charge in [0.05, 0.1) is 6.04 Å². The minimum atomic E-state index is -5.05. The molecule has 0 unspecified atom stereocenters. The molecule has 1 aromatic carbocycles. The molecule has 104 valence electrons. The summed E-state index contributed by atoms with van der Waals surface area (Å²) in [5.41, 5.74) is 4.01. The number of hydrogen-bond acceptors (Lipinski definition) is 2. The highest BCUT2D eigenvalue weighted by molar-refractivity contribution is 9.10. The van der Waals surface area contributed by atoms with Crippen LogP contribution in [0.3, 0.4) is 0 Å². The van der Waals surface area contributed by atoms with Crippen LogP contribution in [0.2, 0.25) is 0 Å². The van der Waals surface area contributed by atoms with Gasteiger partial charge in [0.15, 0.2) is 6.10 Å². The zero-order valence-electron chi connectivity index (χ0n) is 8.51. The lowest BCUT2D eigenvalue weighted by atomic mass is 10.0. The van der Waals surface area contributed by atoms with Gasteiger partial charge in [-0.2, -0.15) is 13.2 Å². The van der Waals surface area contributed by atoms with Gasteiger partial charge in [0.1, 0.15) is 11.6 Å². The lowest BCUT2D eigenvalue weighted by Gasteiger charge is -2.22. The van der Waals surface area contributed by atoms with Crippen LogP contribution < -0.4 is 5.73 Å². The van der Waals surface area contributed by atoms with Crippen molar-refractivity contribution in [2.45, 2.75) is 18.3 Å². The average Bonchev–Trinajstić information content (AvgIpc) is 2.13. The van der Waals surface area contributed by atoms with Crippen LogP contribution in [0.4, 0.5) is 22.0 Å². The van der Waals surface area contributed by atoms with Gasteiger partial charge < -0.3 is 10.8 Å². The summed E-state index contributed by atoms with van der Waals surface area (Å²) in [4.78, 5) is 0. The number of halogens is 7. The second kappa shape index (κ2) is 6.14. The van der Waals surface area contributed by atoms with Gasteiger partial charge >= 0.3 is 6.18 Å².